The van der Waals surface area contributed by atoms with E-state index in [2.05, 4.69) is 130 Å². The second-order valence-corrected chi connectivity index (χ2v) is 16.3. The minimum Gasteiger partial charge on any atom is -0.436 e. The summed E-state index contributed by atoms with van der Waals surface area (Å²) in [5.41, 5.74) is 14.2. The van der Waals surface area contributed by atoms with E-state index >= 15 is 0 Å². The lowest BCUT2D eigenvalue weighted by molar-refractivity contribution is 0.620. The van der Waals surface area contributed by atoms with Crippen molar-refractivity contribution < 1.29 is 4.42 Å². The van der Waals surface area contributed by atoms with Gasteiger partial charge in [-0.1, -0.05) is 146 Å². The van der Waals surface area contributed by atoms with E-state index in [9.17, 15) is 0 Å². The molecular formula is C58H36N6O. The smallest absolute Gasteiger partial charge is 0.227 e. The summed E-state index contributed by atoms with van der Waals surface area (Å²) in [5, 5.41) is 4.77. The van der Waals surface area contributed by atoms with Gasteiger partial charge in [0.15, 0.2) is 23.1 Å². The SMILES string of the molecule is c1ccc(-c2nc(-c3ccccc3)nc(-c3ccc(-n4c5ccccc5c5ccc6c7ccccc7n(-c7ccc(-c8ccc9oc(-c%10ccccc%10)nc9c8)cc7)c6c54)cc3)n2)cc1. The summed E-state index contributed by atoms with van der Waals surface area (Å²) in [6.07, 6.45) is 0. The fourth-order valence-electron chi connectivity index (χ4n) is 9.35. The molecule has 0 atom stereocenters. The average molecular weight is 833 g/mol. The molecule has 0 amide bonds. The lowest BCUT2D eigenvalue weighted by Crippen LogP contribution is -2.01. The molecule has 4 aromatic heterocycles. The number of nitrogens with zero attached hydrogens (tertiary/aromatic N) is 6. The van der Waals surface area contributed by atoms with Crippen molar-refractivity contribution in [2.75, 3.05) is 0 Å². The van der Waals surface area contributed by atoms with Crippen LogP contribution in [-0.4, -0.2) is 29.1 Å². The quantitative estimate of drug-likeness (QED) is 0.160. The number of fused-ring (bicyclic) bond motifs is 8. The molecule has 13 rings (SSSR count). The number of para-hydroxylation sites is 2. The van der Waals surface area contributed by atoms with E-state index < -0.39 is 0 Å². The molecule has 0 bridgehead atoms. The molecule has 0 aliphatic carbocycles. The van der Waals surface area contributed by atoms with Gasteiger partial charge in [-0.2, -0.15) is 0 Å². The van der Waals surface area contributed by atoms with Gasteiger partial charge in [-0.05, 0) is 83.9 Å². The molecule has 0 saturated carbocycles. The Kier molecular flexibility index (Phi) is 8.39. The molecule has 0 unspecified atom stereocenters. The standard InChI is InChI=1S/C58H36N6O/c1-4-14-38(15-5-1)55-60-56(39-16-6-2-7-17-39)62-57(61-55)40-26-31-44(32-27-40)64-51-23-13-11-21-46(51)48-34-33-47-45-20-10-12-22-50(45)63(53(47)54(48)64)43-29-24-37(25-30-43)42-28-35-52-49(36-42)59-58(65-52)41-18-8-3-9-19-41/h1-36H. The van der Waals surface area contributed by atoms with Gasteiger partial charge < -0.3 is 13.6 Å². The monoisotopic (exact) mass is 832 g/mol. The largest absolute Gasteiger partial charge is 0.436 e. The summed E-state index contributed by atoms with van der Waals surface area (Å²) in [5.74, 6) is 2.52. The number of aromatic nitrogens is 6. The van der Waals surface area contributed by atoms with Crippen LogP contribution in [0.3, 0.4) is 0 Å². The average Bonchev–Trinajstić information content (AvgIpc) is 4.07. The summed E-state index contributed by atoms with van der Waals surface area (Å²) in [6, 6.07) is 75.9. The zero-order chi connectivity index (χ0) is 42.8. The molecule has 0 aliphatic rings. The van der Waals surface area contributed by atoms with Gasteiger partial charge in [0.25, 0.3) is 0 Å². The van der Waals surface area contributed by atoms with Crippen LogP contribution in [0.25, 0.3) is 123 Å². The Bertz CT molecular complexity index is 3850. The van der Waals surface area contributed by atoms with Crippen LogP contribution in [0.2, 0.25) is 0 Å². The van der Waals surface area contributed by atoms with E-state index in [1.807, 2.05) is 97.1 Å². The van der Waals surface area contributed by atoms with Gasteiger partial charge in [-0.15, -0.1) is 0 Å². The highest BCUT2D eigenvalue weighted by Crippen LogP contribution is 2.42. The van der Waals surface area contributed by atoms with Gasteiger partial charge in [-0.3, -0.25) is 0 Å². The Morgan fingerprint density at radius 1 is 0.308 bits per heavy atom. The summed E-state index contributed by atoms with van der Waals surface area (Å²) in [7, 11) is 0. The van der Waals surface area contributed by atoms with Crippen molar-refractivity contribution in [2.24, 2.45) is 0 Å². The fraction of sp³-hybridized carbons (Fsp3) is 0. The fourth-order valence-corrected chi connectivity index (χ4v) is 9.35. The van der Waals surface area contributed by atoms with E-state index in [1.54, 1.807) is 0 Å². The van der Waals surface area contributed by atoms with Gasteiger partial charge in [0.2, 0.25) is 5.89 Å². The number of hydrogen-bond donors (Lipinski definition) is 0. The molecule has 0 saturated heterocycles. The van der Waals surface area contributed by atoms with Crippen LogP contribution in [-0.2, 0) is 0 Å². The number of hydrogen-bond acceptors (Lipinski definition) is 5. The Morgan fingerprint density at radius 2 is 0.723 bits per heavy atom. The third kappa shape index (κ3) is 6.13. The molecule has 4 heterocycles. The predicted octanol–water partition coefficient (Wildman–Crippen LogP) is 14.5. The summed E-state index contributed by atoms with van der Waals surface area (Å²) in [6.45, 7) is 0. The molecule has 9 aromatic carbocycles. The van der Waals surface area contributed by atoms with Crippen LogP contribution >= 0.6 is 0 Å². The van der Waals surface area contributed by atoms with Crippen molar-refractivity contribution in [1.82, 2.24) is 29.1 Å². The Balaban J connectivity index is 0.956. The van der Waals surface area contributed by atoms with Crippen molar-refractivity contribution in [3.8, 4) is 68.1 Å². The Hall–Kier alpha value is -8.94. The highest BCUT2D eigenvalue weighted by Gasteiger charge is 2.22. The van der Waals surface area contributed by atoms with E-state index in [4.69, 9.17) is 24.4 Å². The van der Waals surface area contributed by atoms with E-state index in [0.717, 1.165) is 77.9 Å². The van der Waals surface area contributed by atoms with E-state index in [1.165, 1.54) is 21.5 Å². The van der Waals surface area contributed by atoms with Crippen molar-refractivity contribution in [2.45, 2.75) is 0 Å². The topological polar surface area (TPSA) is 74.6 Å². The van der Waals surface area contributed by atoms with Crippen LogP contribution in [0.15, 0.2) is 223 Å². The van der Waals surface area contributed by atoms with Gasteiger partial charge in [0.1, 0.15) is 5.52 Å². The lowest BCUT2D eigenvalue weighted by atomic mass is 10.0. The lowest BCUT2D eigenvalue weighted by Gasteiger charge is -2.14. The van der Waals surface area contributed by atoms with Gasteiger partial charge in [0, 0.05) is 55.2 Å². The first-order valence-corrected chi connectivity index (χ1v) is 21.7. The van der Waals surface area contributed by atoms with Crippen LogP contribution in [0, 0.1) is 0 Å². The molecule has 7 nitrogen and oxygen atoms in total. The molecule has 13 aromatic rings. The molecule has 0 aliphatic heterocycles. The molecule has 0 spiro atoms. The second-order valence-electron chi connectivity index (χ2n) is 16.3. The molecule has 0 N–H and O–H groups in total. The molecular weight excluding hydrogens is 797 g/mol. The highest BCUT2D eigenvalue weighted by atomic mass is 16.3. The normalized spacial score (nSPS) is 11.7. The molecule has 65 heavy (non-hydrogen) atoms. The minimum atomic E-state index is 0.621. The zero-order valence-electron chi connectivity index (χ0n) is 34.9. The maximum atomic E-state index is 6.13. The first-order valence-electron chi connectivity index (χ1n) is 21.7. The van der Waals surface area contributed by atoms with Crippen molar-refractivity contribution >= 4 is 54.7 Å². The zero-order valence-corrected chi connectivity index (χ0v) is 34.9. The second kappa shape index (κ2) is 14.9. The first kappa shape index (κ1) is 36.7. The molecule has 0 fully saturated rings. The van der Waals surface area contributed by atoms with Crippen LogP contribution in [0.4, 0.5) is 0 Å². The van der Waals surface area contributed by atoms with Crippen LogP contribution in [0.1, 0.15) is 0 Å². The third-order valence-electron chi connectivity index (χ3n) is 12.4. The predicted molar refractivity (Wildman–Crippen MR) is 263 cm³/mol. The molecule has 304 valence electrons. The van der Waals surface area contributed by atoms with Gasteiger partial charge >= 0.3 is 0 Å². The Labute approximate surface area is 373 Å². The van der Waals surface area contributed by atoms with Crippen molar-refractivity contribution in [1.29, 1.82) is 0 Å². The minimum absolute atomic E-state index is 0.621. The Morgan fingerprint density at radius 3 is 1.23 bits per heavy atom. The molecule has 7 heteroatoms. The van der Waals surface area contributed by atoms with E-state index in [-0.39, 0.29) is 0 Å². The summed E-state index contributed by atoms with van der Waals surface area (Å²) in [4.78, 5) is 19.8. The highest BCUT2D eigenvalue weighted by molar-refractivity contribution is 6.23. The van der Waals surface area contributed by atoms with Crippen LogP contribution in [0.5, 0.6) is 0 Å². The van der Waals surface area contributed by atoms with Gasteiger partial charge in [0.05, 0.1) is 22.1 Å². The number of benzene rings is 9. The maximum absolute atomic E-state index is 6.13. The van der Waals surface area contributed by atoms with Crippen molar-refractivity contribution in [3.05, 3.63) is 218 Å². The summed E-state index contributed by atoms with van der Waals surface area (Å²) < 4.78 is 11.0. The molecule has 0 radical (unpaired) electrons. The number of rotatable bonds is 7. The summed E-state index contributed by atoms with van der Waals surface area (Å²) >= 11 is 0. The van der Waals surface area contributed by atoms with Crippen LogP contribution < -0.4 is 0 Å². The number of oxazole rings is 1. The maximum Gasteiger partial charge on any atom is 0.227 e. The third-order valence-corrected chi connectivity index (χ3v) is 12.4. The first-order chi connectivity index (χ1) is 32.2. The van der Waals surface area contributed by atoms with Gasteiger partial charge in [-0.25, -0.2) is 19.9 Å². The van der Waals surface area contributed by atoms with E-state index in [0.29, 0.717) is 23.4 Å². The van der Waals surface area contributed by atoms with Crippen molar-refractivity contribution in [3.63, 3.8) is 0 Å².